The summed E-state index contributed by atoms with van der Waals surface area (Å²) in [6, 6.07) is 4.59. The minimum absolute atomic E-state index is 0.142. The fourth-order valence-electron chi connectivity index (χ4n) is 1.92. The normalized spacial score (nSPS) is 12.8. The van der Waals surface area contributed by atoms with Crippen LogP contribution in [0.1, 0.15) is 23.2 Å². The van der Waals surface area contributed by atoms with E-state index in [1.54, 1.807) is 0 Å². The zero-order valence-corrected chi connectivity index (χ0v) is 15.2. The minimum Gasteiger partial charge on any atom is -0.352 e. The molecular formula is C16H18Cl2N4O4. The van der Waals surface area contributed by atoms with Crippen LogP contribution in [0.25, 0.3) is 0 Å². The Hall–Kier alpha value is -2.32. The van der Waals surface area contributed by atoms with E-state index in [0.29, 0.717) is 5.02 Å². The summed E-state index contributed by atoms with van der Waals surface area (Å²) in [6.07, 6.45) is 1.92. The highest BCUT2D eigenvalue weighted by Crippen LogP contribution is 2.20. The second kappa shape index (κ2) is 9.40. The Morgan fingerprint density at radius 1 is 0.885 bits per heavy atom. The molecule has 0 heterocycles. The third-order valence-electron chi connectivity index (χ3n) is 3.42. The van der Waals surface area contributed by atoms with Gasteiger partial charge in [0.1, 0.15) is 0 Å². The number of hydrogen-bond donors (Lipinski definition) is 4. The first-order chi connectivity index (χ1) is 12.3. The number of halogens is 2. The third kappa shape index (κ3) is 6.89. The molecule has 1 aliphatic rings. The van der Waals surface area contributed by atoms with Gasteiger partial charge in [-0.1, -0.05) is 23.2 Å². The first-order valence-electron chi connectivity index (χ1n) is 7.91. The number of benzene rings is 1. The van der Waals surface area contributed by atoms with E-state index >= 15 is 0 Å². The lowest BCUT2D eigenvalue weighted by Crippen LogP contribution is -2.44. The maximum atomic E-state index is 11.9. The monoisotopic (exact) mass is 400 g/mol. The van der Waals surface area contributed by atoms with Crippen LogP contribution in [0, 0.1) is 0 Å². The predicted octanol–water partition coefficient (Wildman–Crippen LogP) is 0.234. The molecule has 1 aromatic carbocycles. The Balaban J connectivity index is 1.63. The van der Waals surface area contributed by atoms with Crippen LogP contribution in [0.15, 0.2) is 18.2 Å². The molecule has 0 spiro atoms. The van der Waals surface area contributed by atoms with E-state index in [9.17, 15) is 19.2 Å². The van der Waals surface area contributed by atoms with Crippen LogP contribution in [0.4, 0.5) is 0 Å². The summed E-state index contributed by atoms with van der Waals surface area (Å²) in [4.78, 5) is 46.6. The van der Waals surface area contributed by atoms with Crippen LogP contribution in [-0.2, 0) is 14.4 Å². The van der Waals surface area contributed by atoms with Crippen molar-refractivity contribution in [3.05, 3.63) is 33.8 Å². The molecule has 0 bridgehead atoms. The van der Waals surface area contributed by atoms with Gasteiger partial charge in [0.05, 0.1) is 30.2 Å². The number of hydrogen-bond acceptors (Lipinski definition) is 4. The highest BCUT2D eigenvalue weighted by atomic mass is 35.5. The molecule has 0 atom stereocenters. The zero-order chi connectivity index (χ0) is 19.1. The van der Waals surface area contributed by atoms with E-state index in [1.807, 2.05) is 0 Å². The molecule has 26 heavy (non-hydrogen) atoms. The van der Waals surface area contributed by atoms with Crippen LogP contribution < -0.4 is 21.3 Å². The Bertz CT molecular complexity index is 722. The van der Waals surface area contributed by atoms with E-state index in [-0.39, 0.29) is 42.2 Å². The molecule has 1 saturated carbocycles. The molecule has 8 nitrogen and oxygen atoms in total. The van der Waals surface area contributed by atoms with Crippen molar-refractivity contribution in [2.24, 2.45) is 0 Å². The zero-order valence-electron chi connectivity index (χ0n) is 13.7. The quantitative estimate of drug-likeness (QED) is 0.499. The van der Waals surface area contributed by atoms with Gasteiger partial charge in [-0.15, -0.1) is 0 Å². The number of carbonyl (C=O) groups excluding carboxylic acids is 4. The molecule has 140 valence electrons. The summed E-state index contributed by atoms with van der Waals surface area (Å²) < 4.78 is 0. The van der Waals surface area contributed by atoms with Crippen molar-refractivity contribution in [2.75, 3.05) is 19.6 Å². The minimum atomic E-state index is -0.555. The summed E-state index contributed by atoms with van der Waals surface area (Å²) in [5.41, 5.74) is 0.184. The molecule has 0 aromatic heterocycles. The van der Waals surface area contributed by atoms with Crippen molar-refractivity contribution in [2.45, 2.75) is 18.9 Å². The SMILES string of the molecule is O=C(CNC(=O)CNC(=O)c1ccc(Cl)cc1Cl)NCC(=O)NC1CC1. The van der Waals surface area contributed by atoms with Crippen molar-refractivity contribution >= 4 is 46.8 Å². The Morgan fingerprint density at radius 2 is 1.46 bits per heavy atom. The lowest BCUT2D eigenvalue weighted by Gasteiger charge is -2.09. The Kier molecular flexibility index (Phi) is 7.23. The highest BCUT2D eigenvalue weighted by molar-refractivity contribution is 6.36. The van der Waals surface area contributed by atoms with Gasteiger partial charge < -0.3 is 21.3 Å². The number of amides is 4. The molecular weight excluding hydrogens is 383 g/mol. The number of nitrogens with one attached hydrogen (secondary N) is 4. The second-order valence-electron chi connectivity index (χ2n) is 5.70. The van der Waals surface area contributed by atoms with E-state index in [1.165, 1.54) is 18.2 Å². The Morgan fingerprint density at radius 3 is 2.04 bits per heavy atom. The van der Waals surface area contributed by atoms with Crippen molar-refractivity contribution in [1.29, 1.82) is 0 Å². The van der Waals surface area contributed by atoms with E-state index in [0.717, 1.165) is 12.8 Å². The van der Waals surface area contributed by atoms with Crippen molar-refractivity contribution in [3.63, 3.8) is 0 Å². The molecule has 1 fully saturated rings. The number of rotatable bonds is 8. The summed E-state index contributed by atoms with van der Waals surface area (Å²) in [5.74, 6) is -1.86. The smallest absolute Gasteiger partial charge is 0.253 e. The fraction of sp³-hybridized carbons (Fsp3) is 0.375. The molecule has 1 aliphatic carbocycles. The summed E-state index contributed by atoms with van der Waals surface area (Å²) in [5, 5.41) is 10.4. The molecule has 4 amide bonds. The molecule has 0 radical (unpaired) electrons. The van der Waals surface area contributed by atoms with Gasteiger partial charge in [0, 0.05) is 11.1 Å². The van der Waals surface area contributed by atoms with Gasteiger partial charge in [0.25, 0.3) is 5.91 Å². The standard InChI is InChI=1S/C16H18Cl2N4O4/c17-9-1-4-11(12(18)5-9)16(26)21-7-14(24)19-6-13(23)20-8-15(25)22-10-2-3-10/h1,4-5,10H,2-3,6-8H2,(H,19,24)(H,20,23)(H,21,26)(H,22,25). The van der Waals surface area contributed by atoms with Gasteiger partial charge in [-0.25, -0.2) is 0 Å². The lowest BCUT2D eigenvalue weighted by molar-refractivity contribution is -0.127. The van der Waals surface area contributed by atoms with Crippen molar-refractivity contribution in [1.82, 2.24) is 21.3 Å². The summed E-state index contributed by atoms with van der Waals surface area (Å²) in [7, 11) is 0. The lowest BCUT2D eigenvalue weighted by atomic mass is 10.2. The molecule has 1 aromatic rings. The van der Waals surface area contributed by atoms with Gasteiger partial charge >= 0.3 is 0 Å². The van der Waals surface area contributed by atoms with E-state index < -0.39 is 17.7 Å². The van der Waals surface area contributed by atoms with Gasteiger partial charge in [0.15, 0.2) is 0 Å². The van der Waals surface area contributed by atoms with E-state index in [2.05, 4.69) is 21.3 Å². The average Bonchev–Trinajstić information content (AvgIpc) is 3.39. The average molecular weight is 401 g/mol. The maximum absolute atomic E-state index is 11.9. The second-order valence-corrected chi connectivity index (χ2v) is 6.55. The van der Waals surface area contributed by atoms with Crippen LogP contribution in [0.3, 0.4) is 0 Å². The molecule has 10 heteroatoms. The molecule has 0 aliphatic heterocycles. The predicted molar refractivity (Wildman–Crippen MR) is 96.0 cm³/mol. The van der Waals surface area contributed by atoms with E-state index in [4.69, 9.17) is 23.2 Å². The van der Waals surface area contributed by atoms with Gasteiger partial charge in [-0.05, 0) is 31.0 Å². The van der Waals surface area contributed by atoms with Crippen LogP contribution >= 0.6 is 23.2 Å². The third-order valence-corrected chi connectivity index (χ3v) is 3.97. The highest BCUT2D eigenvalue weighted by Gasteiger charge is 2.23. The molecule has 4 N–H and O–H groups in total. The van der Waals surface area contributed by atoms with Gasteiger partial charge in [-0.3, -0.25) is 19.2 Å². The molecule has 0 saturated heterocycles. The summed E-state index contributed by atoms with van der Waals surface area (Å²) in [6.45, 7) is -0.767. The summed E-state index contributed by atoms with van der Waals surface area (Å²) >= 11 is 11.7. The van der Waals surface area contributed by atoms with Crippen LogP contribution in [0.5, 0.6) is 0 Å². The van der Waals surface area contributed by atoms with Crippen LogP contribution in [-0.4, -0.2) is 49.3 Å². The van der Waals surface area contributed by atoms with Gasteiger partial charge in [-0.2, -0.15) is 0 Å². The molecule has 0 unspecified atom stereocenters. The topological polar surface area (TPSA) is 116 Å². The maximum Gasteiger partial charge on any atom is 0.253 e. The number of carbonyl (C=O) groups is 4. The van der Waals surface area contributed by atoms with Crippen LogP contribution in [0.2, 0.25) is 10.0 Å². The van der Waals surface area contributed by atoms with Crippen molar-refractivity contribution < 1.29 is 19.2 Å². The van der Waals surface area contributed by atoms with Crippen molar-refractivity contribution in [3.8, 4) is 0 Å². The fourth-order valence-corrected chi connectivity index (χ4v) is 2.41. The first kappa shape index (κ1) is 20.0. The molecule has 2 rings (SSSR count). The Labute approximate surface area is 160 Å². The van der Waals surface area contributed by atoms with Gasteiger partial charge in [0.2, 0.25) is 17.7 Å². The first-order valence-corrected chi connectivity index (χ1v) is 8.66. The largest absolute Gasteiger partial charge is 0.352 e.